The molecule has 2 heteroatoms. The van der Waals surface area contributed by atoms with Crippen LogP contribution in [0.4, 0.5) is 0 Å². The smallest absolute Gasteiger partial charge is 0.0499 e. The van der Waals surface area contributed by atoms with Gasteiger partial charge in [-0.15, -0.1) is 0 Å². The van der Waals surface area contributed by atoms with E-state index in [0.717, 1.165) is 36.3 Å². The lowest BCUT2D eigenvalue weighted by atomic mass is 9.54. The first kappa shape index (κ1) is 12.3. The van der Waals surface area contributed by atoms with Crippen LogP contribution in [0, 0.1) is 23.7 Å². The maximum Gasteiger partial charge on any atom is 0.0499 e. The van der Waals surface area contributed by atoms with Gasteiger partial charge in [-0.25, -0.2) is 0 Å². The van der Waals surface area contributed by atoms with Crippen LogP contribution in [-0.2, 0) is 6.54 Å². The molecule has 6 rings (SSSR count). The molecule has 4 bridgehead atoms. The van der Waals surface area contributed by atoms with E-state index in [9.17, 15) is 0 Å². The van der Waals surface area contributed by atoms with Crippen LogP contribution in [-0.4, -0.2) is 11.0 Å². The second-order valence-electron chi connectivity index (χ2n) is 7.70. The minimum atomic E-state index is 0.781. The largest absolute Gasteiger partial charge is 0.361 e. The molecule has 110 valence electrons. The number of nitrogens with one attached hydrogen (secondary N) is 2. The van der Waals surface area contributed by atoms with Gasteiger partial charge >= 0.3 is 0 Å². The number of fused-ring (bicyclic) bond motifs is 1. The Bertz CT molecular complexity index is 628. The fraction of sp³-hybridized carbons (Fsp3) is 0.579. The molecule has 2 N–H and O–H groups in total. The van der Waals surface area contributed by atoms with Gasteiger partial charge in [0.1, 0.15) is 0 Å². The van der Waals surface area contributed by atoms with Crippen LogP contribution < -0.4 is 5.32 Å². The molecule has 0 unspecified atom stereocenters. The standard InChI is InChI=1S/C19H24N2/c1-2-14-4-5-20-18(14)15(3-1)11-21-19-16-7-12-6-13(9-16)10-17(19)8-12/h1-5,12-13,16-17,19-21H,6-11H2. The first-order valence-corrected chi connectivity index (χ1v) is 8.65. The van der Waals surface area contributed by atoms with Crippen molar-refractivity contribution >= 4 is 10.9 Å². The fourth-order valence-corrected chi connectivity index (χ4v) is 5.78. The molecule has 1 aromatic carbocycles. The summed E-state index contributed by atoms with van der Waals surface area (Å²) in [7, 11) is 0. The molecule has 4 aliphatic rings. The second kappa shape index (κ2) is 4.61. The summed E-state index contributed by atoms with van der Waals surface area (Å²) in [4.78, 5) is 3.40. The summed E-state index contributed by atoms with van der Waals surface area (Å²) in [6.07, 6.45) is 9.59. The minimum absolute atomic E-state index is 0.781. The molecule has 4 fully saturated rings. The number of aromatic nitrogens is 1. The summed E-state index contributed by atoms with van der Waals surface area (Å²) in [5, 5.41) is 5.28. The Morgan fingerprint density at radius 3 is 2.48 bits per heavy atom. The van der Waals surface area contributed by atoms with Crippen LogP contribution in [0.2, 0.25) is 0 Å². The predicted molar refractivity (Wildman–Crippen MR) is 86.0 cm³/mol. The minimum Gasteiger partial charge on any atom is -0.361 e. The van der Waals surface area contributed by atoms with Crippen molar-refractivity contribution in [2.45, 2.75) is 44.7 Å². The number of para-hydroxylation sites is 1. The summed E-state index contributed by atoms with van der Waals surface area (Å²) in [5.41, 5.74) is 2.74. The van der Waals surface area contributed by atoms with Crippen molar-refractivity contribution in [1.29, 1.82) is 0 Å². The molecule has 4 saturated carbocycles. The van der Waals surface area contributed by atoms with Gasteiger partial charge < -0.3 is 10.3 Å². The number of hydrogen-bond donors (Lipinski definition) is 2. The van der Waals surface area contributed by atoms with E-state index in [1.54, 1.807) is 6.42 Å². The highest BCUT2D eigenvalue weighted by Crippen LogP contribution is 2.53. The van der Waals surface area contributed by atoms with Gasteiger partial charge in [-0.1, -0.05) is 18.2 Å². The molecule has 1 heterocycles. The Morgan fingerprint density at radius 1 is 0.952 bits per heavy atom. The van der Waals surface area contributed by atoms with Gasteiger partial charge in [-0.2, -0.15) is 0 Å². The number of aromatic amines is 1. The number of rotatable bonds is 3. The van der Waals surface area contributed by atoms with Crippen molar-refractivity contribution in [3.8, 4) is 0 Å². The third kappa shape index (κ3) is 1.96. The summed E-state index contributed by atoms with van der Waals surface area (Å²) in [6.45, 7) is 1.02. The normalized spacial score (nSPS) is 37.4. The van der Waals surface area contributed by atoms with E-state index < -0.39 is 0 Å². The Kier molecular flexibility index (Phi) is 2.69. The topological polar surface area (TPSA) is 27.8 Å². The molecule has 21 heavy (non-hydrogen) atoms. The zero-order valence-electron chi connectivity index (χ0n) is 12.5. The molecule has 1 aromatic heterocycles. The Balaban J connectivity index is 1.35. The average molecular weight is 280 g/mol. The van der Waals surface area contributed by atoms with E-state index in [2.05, 4.69) is 40.8 Å². The second-order valence-corrected chi connectivity index (χ2v) is 7.70. The fourth-order valence-electron chi connectivity index (χ4n) is 5.78. The molecule has 0 radical (unpaired) electrons. The zero-order chi connectivity index (χ0) is 13.8. The molecule has 0 spiro atoms. The Hall–Kier alpha value is -1.28. The molecule has 4 aliphatic carbocycles. The number of H-pyrrole nitrogens is 1. The summed E-state index contributed by atoms with van der Waals surface area (Å²) >= 11 is 0. The van der Waals surface area contributed by atoms with Crippen LogP contribution in [0.15, 0.2) is 30.5 Å². The Labute approximate surface area is 126 Å². The molecule has 2 aromatic rings. The van der Waals surface area contributed by atoms with Crippen LogP contribution in [0.3, 0.4) is 0 Å². The van der Waals surface area contributed by atoms with Gasteiger partial charge in [0.2, 0.25) is 0 Å². The molecular formula is C19H24N2. The highest BCUT2D eigenvalue weighted by molar-refractivity contribution is 5.82. The highest BCUT2D eigenvalue weighted by Gasteiger charge is 2.47. The maximum atomic E-state index is 3.94. The van der Waals surface area contributed by atoms with E-state index in [-0.39, 0.29) is 0 Å². The lowest BCUT2D eigenvalue weighted by molar-refractivity contribution is -0.0142. The number of hydrogen-bond acceptors (Lipinski definition) is 1. The SMILES string of the molecule is c1cc(CNC2C3CC4CC(C3)CC2C4)c2[nH]ccc2c1. The van der Waals surface area contributed by atoms with Crippen molar-refractivity contribution in [1.82, 2.24) is 10.3 Å². The molecule has 0 saturated heterocycles. The van der Waals surface area contributed by atoms with Crippen molar-refractivity contribution in [3.63, 3.8) is 0 Å². The summed E-state index contributed by atoms with van der Waals surface area (Å²) in [6, 6.07) is 9.59. The van der Waals surface area contributed by atoms with E-state index >= 15 is 0 Å². The van der Waals surface area contributed by atoms with Crippen molar-refractivity contribution in [3.05, 3.63) is 36.0 Å². The lowest BCUT2D eigenvalue weighted by Gasteiger charge is -2.54. The van der Waals surface area contributed by atoms with Gasteiger partial charge in [0.05, 0.1) is 0 Å². The number of benzene rings is 1. The van der Waals surface area contributed by atoms with E-state index in [0.29, 0.717) is 0 Å². The highest BCUT2D eigenvalue weighted by atomic mass is 14.9. The monoisotopic (exact) mass is 280 g/mol. The van der Waals surface area contributed by atoms with Crippen LogP contribution in [0.25, 0.3) is 10.9 Å². The maximum absolute atomic E-state index is 3.94. The molecule has 0 atom stereocenters. The van der Waals surface area contributed by atoms with Crippen molar-refractivity contribution < 1.29 is 0 Å². The van der Waals surface area contributed by atoms with Gasteiger partial charge in [0.25, 0.3) is 0 Å². The van der Waals surface area contributed by atoms with Crippen LogP contribution in [0.5, 0.6) is 0 Å². The Morgan fingerprint density at radius 2 is 1.71 bits per heavy atom. The lowest BCUT2D eigenvalue weighted by Crippen LogP contribution is -2.54. The average Bonchev–Trinajstić information content (AvgIpc) is 2.95. The third-order valence-electron chi connectivity index (χ3n) is 6.43. The van der Waals surface area contributed by atoms with Crippen molar-refractivity contribution in [2.24, 2.45) is 23.7 Å². The third-order valence-corrected chi connectivity index (χ3v) is 6.43. The van der Waals surface area contributed by atoms with E-state index in [4.69, 9.17) is 0 Å². The quantitative estimate of drug-likeness (QED) is 0.871. The molecule has 0 amide bonds. The molecule has 2 nitrogen and oxygen atoms in total. The predicted octanol–water partition coefficient (Wildman–Crippen LogP) is 4.08. The van der Waals surface area contributed by atoms with Gasteiger partial charge in [-0.3, -0.25) is 0 Å². The van der Waals surface area contributed by atoms with Gasteiger partial charge in [0, 0.05) is 24.3 Å². The summed E-state index contributed by atoms with van der Waals surface area (Å²) in [5.74, 6) is 4.06. The van der Waals surface area contributed by atoms with E-state index in [1.165, 1.54) is 42.1 Å². The molecule has 0 aliphatic heterocycles. The van der Waals surface area contributed by atoms with E-state index in [1.807, 2.05) is 0 Å². The first-order chi connectivity index (χ1) is 10.4. The van der Waals surface area contributed by atoms with Crippen molar-refractivity contribution in [2.75, 3.05) is 0 Å². The van der Waals surface area contributed by atoms with Gasteiger partial charge in [0.15, 0.2) is 0 Å². The molecular weight excluding hydrogens is 256 g/mol. The first-order valence-electron chi connectivity index (χ1n) is 8.65. The summed E-state index contributed by atoms with van der Waals surface area (Å²) < 4.78 is 0. The van der Waals surface area contributed by atoms with Crippen LogP contribution >= 0.6 is 0 Å². The zero-order valence-corrected chi connectivity index (χ0v) is 12.5. The van der Waals surface area contributed by atoms with Crippen LogP contribution in [0.1, 0.15) is 37.7 Å². The van der Waals surface area contributed by atoms with Gasteiger partial charge in [-0.05, 0) is 72.8 Å².